The van der Waals surface area contributed by atoms with E-state index >= 15 is 0 Å². The van der Waals surface area contributed by atoms with Crippen LogP contribution in [0.25, 0.3) is 10.6 Å². The van der Waals surface area contributed by atoms with E-state index in [1.165, 1.54) is 17.4 Å². The van der Waals surface area contributed by atoms with Crippen LogP contribution in [0, 0.1) is 11.6 Å². The number of nitrogen functional groups attached to an aromatic ring is 1. The van der Waals surface area contributed by atoms with Gasteiger partial charge in [0.05, 0.1) is 24.1 Å². The zero-order valence-electron chi connectivity index (χ0n) is 19.3. The predicted molar refractivity (Wildman–Crippen MR) is 137 cm³/mol. The summed E-state index contributed by atoms with van der Waals surface area (Å²) in [6.07, 6.45) is 5.33. The highest BCUT2D eigenvalue weighted by atomic mass is 32.1. The third-order valence-electron chi connectivity index (χ3n) is 6.01. The van der Waals surface area contributed by atoms with E-state index < -0.39 is 11.6 Å². The molecule has 1 amide bonds. The Kier molecular flexibility index (Phi) is 6.66. The molecule has 2 aromatic heterocycles. The number of piperidine rings is 1. The van der Waals surface area contributed by atoms with Crippen molar-refractivity contribution in [1.29, 1.82) is 0 Å². The molecule has 4 aromatic rings. The molecule has 8 nitrogen and oxygen atoms in total. The summed E-state index contributed by atoms with van der Waals surface area (Å²) >= 11 is 1.31. The number of thiazole rings is 1. The number of amides is 1. The summed E-state index contributed by atoms with van der Waals surface area (Å²) in [6, 6.07) is 9.28. The van der Waals surface area contributed by atoms with Gasteiger partial charge in [0, 0.05) is 42.0 Å². The zero-order chi connectivity index (χ0) is 25.2. The van der Waals surface area contributed by atoms with Gasteiger partial charge in [0.15, 0.2) is 11.6 Å². The van der Waals surface area contributed by atoms with E-state index in [1.807, 2.05) is 12.1 Å². The van der Waals surface area contributed by atoms with Gasteiger partial charge in [0.25, 0.3) is 5.91 Å². The molecule has 186 valence electrons. The van der Waals surface area contributed by atoms with Crippen molar-refractivity contribution in [3.8, 4) is 10.6 Å². The first kappa shape index (κ1) is 23.9. The number of carbonyl (C=O) groups is 1. The summed E-state index contributed by atoms with van der Waals surface area (Å²) < 4.78 is 28.3. The molecule has 0 spiro atoms. The van der Waals surface area contributed by atoms with Crippen molar-refractivity contribution in [3.05, 3.63) is 77.1 Å². The van der Waals surface area contributed by atoms with Crippen molar-refractivity contribution in [1.82, 2.24) is 14.8 Å². The fourth-order valence-corrected chi connectivity index (χ4v) is 5.02. The lowest BCUT2D eigenvalue weighted by Crippen LogP contribution is -2.43. The number of benzene rings is 2. The Hall–Kier alpha value is -3.83. The third kappa shape index (κ3) is 5.21. The number of nitrogens with one attached hydrogen (secondary N) is 1. The summed E-state index contributed by atoms with van der Waals surface area (Å²) in [6.45, 7) is 1.84. The summed E-state index contributed by atoms with van der Waals surface area (Å²) in [5.74, 6) is -2.14. The molecule has 36 heavy (non-hydrogen) atoms. The van der Waals surface area contributed by atoms with Crippen molar-refractivity contribution in [2.24, 2.45) is 5.73 Å². The maximum absolute atomic E-state index is 13.5. The van der Waals surface area contributed by atoms with Crippen LogP contribution >= 0.6 is 11.3 Å². The van der Waals surface area contributed by atoms with E-state index in [0.29, 0.717) is 34.1 Å². The SMILES string of the molecule is Nc1ccc(N2CCC[C@@H](N)C2)c(NC(=O)c2csc(-c3cnn(Cc4ccc(F)c(F)c4)c3)n2)c1. The van der Waals surface area contributed by atoms with Gasteiger partial charge in [0.1, 0.15) is 10.7 Å². The van der Waals surface area contributed by atoms with Gasteiger partial charge in [-0.25, -0.2) is 13.8 Å². The highest BCUT2D eigenvalue weighted by molar-refractivity contribution is 7.13. The largest absolute Gasteiger partial charge is 0.399 e. The first-order valence-electron chi connectivity index (χ1n) is 11.5. The molecular weight excluding hydrogens is 484 g/mol. The van der Waals surface area contributed by atoms with Gasteiger partial charge >= 0.3 is 0 Å². The van der Waals surface area contributed by atoms with Crippen LogP contribution in [-0.2, 0) is 6.54 Å². The van der Waals surface area contributed by atoms with Gasteiger partial charge in [-0.15, -0.1) is 11.3 Å². The fraction of sp³-hybridized carbons (Fsp3) is 0.240. The molecule has 1 atom stereocenters. The minimum atomic E-state index is -0.901. The Morgan fingerprint density at radius 3 is 2.86 bits per heavy atom. The van der Waals surface area contributed by atoms with E-state index in [0.717, 1.165) is 37.2 Å². The van der Waals surface area contributed by atoms with Crippen LogP contribution in [0.4, 0.5) is 25.8 Å². The van der Waals surface area contributed by atoms with Gasteiger partial charge in [-0.05, 0) is 48.7 Å². The fourth-order valence-electron chi connectivity index (χ4n) is 4.24. The molecule has 0 saturated carbocycles. The smallest absolute Gasteiger partial charge is 0.275 e. The monoisotopic (exact) mass is 509 g/mol. The van der Waals surface area contributed by atoms with E-state index in [1.54, 1.807) is 28.5 Å². The van der Waals surface area contributed by atoms with Crippen molar-refractivity contribution >= 4 is 34.3 Å². The summed E-state index contributed by atoms with van der Waals surface area (Å²) in [5.41, 5.74) is 15.7. The normalized spacial score (nSPS) is 15.8. The Bertz CT molecular complexity index is 1400. The minimum Gasteiger partial charge on any atom is -0.399 e. The second-order valence-electron chi connectivity index (χ2n) is 8.79. The quantitative estimate of drug-likeness (QED) is 0.337. The van der Waals surface area contributed by atoms with Crippen LogP contribution < -0.4 is 21.7 Å². The summed E-state index contributed by atoms with van der Waals surface area (Å²) in [7, 11) is 0. The van der Waals surface area contributed by atoms with Crippen LogP contribution in [0.15, 0.2) is 54.2 Å². The van der Waals surface area contributed by atoms with Crippen molar-refractivity contribution in [2.45, 2.75) is 25.4 Å². The van der Waals surface area contributed by atoms with Crippen molar-refractivity contribution < 1.29 is 13.6 Å². The highest BCUT2D eigenvalue weighted by Gasteiger charge is 2.21. The molecule has 1 aliphatic rings. The highest BCUT2D eigenvalue weighted by Crippen LogP contribution is 2.31. The Morgan fingerprint density at radius 1 is 1.19 bits per heavy atom. The number of carbonyl (C=O) groups excluding carboxylic acids is 1. The zero-order valence-corrected chi connectivity index (χ0v) is 20.1. The predicted octanol–water partition coefficient (Wildman–Crippen LogP) is 4.10. The number of nitrogens with two attached hydrogens (primary N) is 2. The molecule has 3 heterocycles. The second kappa shape index (κ2) is 10.0. The Morgan fingerprint density at radius 2 is 2.06 bits per heavy atom. The van der Waals surface area contributed by atoms with Crippen molar-refractivity contribution in [3.63, 3.8) is 0 Å². The average Bonchev–Trinajstić information content (AvgIpc) is 3.52. The number of hydrogen-bond donors (Lipinski definition) is 3. The average molecular weight is 510 g/mol. The minimum absolute atomic E-state index is 0.0870. The van der Waals surface area contributed by atoms with Gasteiger partial charge in [-0.3, -0.25) is 9.48 Å². The van der Waals surface area contributed by atoms with Gasteiger partial charge in [-0.2, -0.15) is 5.10 Å². The molecule has 1 saturated heterocycles. The number of nitrogens with zero attached hydrogens (tertiary/aromatic N) is 4. The molecule has 5 rings (SSSR count). The maximum atomic E-state index is 13.5. The molecule has 2 aromatic carbocycles. The van der Waals surface area contributed by atoms with E-state index in [2.05, 4.69) is 20.3 Å². The summed E-state index contributed by atoms with van der Waals surface area (Å²) in [4.78, 5) is 19.7. The van der Waals surface area contributed by atoms with Crippen LogP contribution in [0.1, 0.15) is 28.9 Å². The number of hydrogen-bond acceptors (Lipinski definition) is 7. The van der Waals surface area contributed by atoms with E-state index in [9.17, 15) is 13.6 Å². The first-order valence-corrected chi connectivity index (χ1v) is 12.4. The molecular formula is C25H25F2N7OS. The lowest BCUT2D eigenvalue weighted by atomic mass is 10.1. The van der Waals surface area contributed by atoms with Crippen LogP contribution in [0.2, 0.25) is 0 Å². The van der Waals surface area contributed by atoms with E-state index in [-0.39, 0.29) is 24.2 Å². The first-order chi connectivity index (χ1) is 17.4. The lowest BCUT2D eigenvalue weighted by molar-refractivity contribution is 0.102. The molecule has 0 bridgehead atoms. The third-order valence-corrected chi connectivity index (χ3v) is 6.90. The van der Waals surface area contributed by atoms with Crippen LogP contribution in [0.3, 0.4) is 0 Å². The molecule has 0 aliphatic carbocycles. The number of aromatic nitrogens is 3. The number of rotatable bonds is 6. The van der Waals surface area contributed by atoms with Crippen molar-refractivity contribution in [2.75, 3.05) is 29.0 Å². The van der Waals surface area contributed by atoms with Gasteiger partial charge in [-0.1, -0.05) is 6.07 Å². The molecule has 1 aliphatic heterocycles. The molecule has 0 unspecified atom stereocenters. The molecule has 5 N–H and O–H groups in total. The van der Waals surface area contributed by atoms with Crippen LogP contribution in [-0.4, -0.2) is 39.8 Å². The van der Waals surface area contributed by atoms with Crippen LogP contribution in [0.5, 0.6) is 0 Å². The maximum Gasteiger partial charge on any atom is 0.275 e. The van der Waals surface area contributed by atoms with E-state index in [4.69, 9.17) is 11.5 Å². The lowest BCUT2D eigenvalue weighted by Gasteiger charge is -2.34. The number of anilines is 3. The summed E-state index contributed by atoms with van der Waals surface area (Å²) in [5, 5.41) is 9.52. The second-order valence-corrected chi connectivity index (χ2v) is 9.65. The molecule has 11 heteroatoms. The topological polar surface area (TPSA) is 115 Å². The Balaban J connectivity index is 1.30. The standard InChI is InChI=1S/C25H25F2N7OS/c26-19-5-3-15(8-20(19)27)11-34-12-16(10-30-34)25-32-22(14-36-25)24(35)31-21-9-17(28)4-6-23(21)33-7-1-2-18(29)13-33/h3-6,8-10,12,14,18H,1-2,7,11,13,28-29H2,(H,31,35)/t18-/m1/s1. The molecule has 0 radical (unpaired) electrons. The van der Waals surface area contributed by atoms with Gasteiger partial charge in [0.2, 0.25) is 0 Å². The molecule has 1 fully saturated rings. The van der Waals surface area contributed by atoms with Gasteiger partial charge < -0.3 is 21.7 Å². The number of halogens is 2. The Labute approximate surface area is 210 Å².